The fourth-order valence-corrected chi connectivity index (χ4v) is 1.35. The standard InChI is InChI=1S/C14H22O2/c1-4-6-7-8-9-10-11-12-13(5-2)14(15)16-3/h4-6,9-10,13H,2,7-8,11-12H2,1,3H3/b6-4+,10-9+. The lowest BCUT2D eigenvalue weighted by Crippen LogP contribution is -2.13. The van der Waals surface area contributed by atoms with Gasteiger partial charge in [0.05, 0.1) is 13.0 Å². The molecule has 0 aromatic heterocycles. The molecule has 0 fully saturated rings. The van der Waals surface area contributed by atoms with Crippen molar-refractivity contribution in [3.63, 3.8) is 0 Å². The number of rotatable bonds is 8. The number of hydrogen-bond acceptors (Lipinski definition) is 2. The molecule has 0 rings (SSSR count). The molecule has 0 heterocycles. The summed E-state index contributed by atoms with van der Waals surface area (Å²) in [6.07, 6.45) is 13.9. The molecule has 0 spiro atoms. The van der Waals surface area contributed by atoms with E-state index in [2.05, 4.69) is 35.6 Å². The number of esters is 1. The van der Waals surface area contributed by atoms with Gasteiger partial charge in [-0.2, -0.15) is 0 Å². The van der Waals surface area contributed by atoms with Crippen LogP contribution in [0.5, 0.6) is 0 Å². The highest BCUT2D eigenvalue weighted by Gasteiger charge is 2.13. The van der Waals surface area contributed by atoms with Crippen LogP contribution in [-0.2, 0) is 9.53 Å². The summed E-state index contributed by atoms with van der Waals surface area (Å²) >= 11 is 0. The van der Waals surface area contributed by atoms with Crippen molar-refractivity contribution in [3.05, 3.63) is 37.0 Å². The molecule has 0 saturated carbocycles. The third-order valence-electron chi connectivity index (χ3n) is 2.34. The van der Waals surface area contributed by atoms with E-state index in [0.717, 1.165) is 25.7 Å². The van der Waals surface area contributed by atoms with Crippen LogP contribution in [0.1, 0.15) is 32.6 Å². The highest BCUT2D eigenvalue weighted by molar-refractivity contribution is 5.74. The second-order valence-electron chi connectivity index (χ2n) is 3.56. The lowest BCUT2D eigenvalue weighted by Gasteiger charge is -2.07. The van der Waals surface area contributed by atoms with Crippen LogP contribution in [0.4, 0.5) is 0 Å². The van der Waals surface area contributed by atoms with Crippen LogP contribution in [-0.4, -0.2) is 13.1 Å². The Labute approximate surface area is 98.7 Å². The highest BCUT2D eigenvalue weighted by Crippen LogP contribution is 2.10. The molecule has 1 atom stereocenters. The van der Waals surface area contributed by atoms with Crippen LogP contribution in [0.2, 0.25) is 0 Å². The number of hydrogen-bond donors (Lipinski definition) is 0. The highest BCUT2D eigenvalue weighted by atomic mass is 16.5. The van der Waals surface area contributed by atoms with Crippen molar-refractivity contribution in [3.8, 4) is 0 Å². The lowest BCUT2D eigenvalue weighted by atomic mass is 10.0. The first-order valence-electron chi connectivity index (χ1n) is 5.72. The Morgan fingerprint density at radius 3 is 2.44 bits per heavy atom. The number of carbonyl (C=O) groups excluding carboxylic acids is 1. The molecule has 0 aromatic rings. The SMILES string of the molecule is C=CC(CC/C=C/CC/C=C/C)C(=O)OC. The van der Waals surface area contributed by atoms with Gasteiger partial charge in [0.25, 0.3) is 0 Å². The third-order valence-corrected chi connectivity index (χ3v) is 2.34. The molecule has 0 radical (unpaired) electrons. The van der Waals surface area contributed by atoms with E-state index >= 15 is 0 Å². The van der Waals surface area contributed by atoms with Crippen molar-refractivity contribution in [2.24, 2.45) is 5.92 Å². The Morgan fingerprint density at radius 2 is 1.88 bits per heavy atom. The molecule has 0 aliphatic carbocycles. The Morgan fingerprint density at radius 1 is 1.25 bits per heavy atom. The van der Waals surface area contributed by atoms with Gasteiger partial charge in [-0.15, -0.1) is 6.58 Å². The largest absolute Gasteiger partial charge is 0.469 e. The second-order valence-corrected chi connectivity index (χ2v) is 3.56. The van der Waals surface area contributed by atoms with Crippen LogP contribution in [0.3, 0.4) is 0 Å². The van der Waals surface area contributed by atoms with E-state index in [-0.39, 0.29) is 11.9 Å². The van der Waals surface area contributed by atoms with Gasteiger partial charge in [0.15, 0.2) is 0 Å². The number of methoxy groups -OCH3 is 1. The molecular weight excluding hydrogens is 200 g/mol. The number of allylic oxidation sites excluding steroid dienone is 4. The van der Waals surface area contributed by atoms with Crippen molar-refractivity contribution >= 4 is 5.97 Å². The van der Waals surface area contributed by atoms with Crippen molar-refractivity contribution in [2.75, 3.05) is 7.11 Å². The molecule has 0 N–H and O–H groups in total. The minimum Gasteiger partial charge on any atom is -0.469 e. The summed E-state index contributed by atoms with van der Waals surface area (Å²) in [5, 5.41) is 0. The van der Waals surface area contributed by atoms with Crippen LogP contribution in [0.15, 0.2) is 37.0 Å². The van der Waals surface area contributed by atoms with E-state index in [1.807, 2.05) is 6.92 Å². The van der Waals surface area contributed by atoms with Gasteiger partial charge in [-0.1, -0.05) is 30.4 Å². The van der Waals surface area contributed by atoms with E-state index in [0.29, 0.717) is 0 Å². The van der Waals surface area contributed by atoms with Gasteiger partial charge in [0, 0.05) is 0 Å². The van der Waals surface area contributed by atoms with E-state index in [1.165, 1.54) is 7.11 Å². The van der Waals surface area contributed by atoms with Crippen molar-refractivity contribution in [2.45, 2.75) is 32.6 Å². The monoisotopic (exact) mass is 222 g/mol. The number of unbranched alkanes of at least 4 members (excludes halogenated alkanes) is 1. The Kier molecular flexibility index (Phi) is 9.38. The molecule has 16 heavy (non-hydrogen) atoms. The Balaban J connectivity index is 3.69. The van der Waals surface area contributed by atoms with E-state index in [1.54, 1.807) is 6.08 Å². The smallest absolute Gasteiger partial charge is 0.312 e. The van der Waals surface area contributed by atoms with Crippen molar-refractivity contribution in [1.29, 1.82) is 0 Å². The van der Waals surface area contributed by atoms with Crippen LogP contribution in [0, 0.1) is 5.92 Å². The summed E-state index contributed by atoms with van der Waals surface area (Å²) in [7, 11) is 1.41. The first kappa shape index (κ1) is 14.7. The summed E-state index contributed by atoms with van der Waals surface area (Å²) in [6.45, 7) is 5.66. The zero-order valence-corrected chi connectivity index (χ0v) is 10.3. The third kappa shape index (κ3) is 7.04. The van der Waals surface area contributed by atoms with Crippen molar-refractivity contribution < 1.29 is 9.53 Å². The fraction of sp³-hybridized carbons (Fsp3) is 0.500. The maximum absolute atomic E-state index is 11.2. The van der Waals surface area contributed by atoms with Gasteiger partial charge in [0.2, 0.25) is 0 Å². The summed E-state index contributed by atoms with van der Waals surface area (Å²) in [4.78, 5) is 11.2. The van der Waals surface area contributed by atoms with Crippen molar-refractivity contribution in [1.82, 2.24) is 0 Å². The first-order chi connectivity index (χ1) is 7.76. The molecule has 0 bridgehead atoms. The average molecular weight is 222 g/mol. The molecule has 2 heteroatoms. The van der Waals surface area contributed by atoms with Gasteiger partial charge >= 0.3 is 5.97 Å². The molecule has 90 valence electrons. The average Bonchev–Trinajstić information content (AvgIpc) is 2.32. The molecule has 0 saturated heterocycles. The predicted octanol–water partition coefficient (Wildman–Crippen LogP) is 3.65. The normalized spacial score (nSPS) is 13.1. The van der Waals surface area contributed by atoms with Gasteiger partial charge in [0.1, 0.15) is 0 Å². The van der Waals surface area contributed by atoms with Gasteiger partial charge < -0.3 is 4.74 Å². The van der Waals surface area contributed by atoms with Crippen LogP contribution in [0.25, 0.3) is 0 Å². The molecule has 0 amide bonds. The zero-order valence-electron chi connectivity index (χ0n) is 10.3. The number of carbonyl (C=O) groups is 1. The Hall–Kier alpha value is -1.31. The maximum Gasteiger partial charge on any atom is 0.312 e. The minimum absolute atomic E-state index is 0.176. The first-order valence-corrected chi connectivity index (χ1v) is 5.72. The maximum atomic E-state index is 11.2. The molecule has 0 aliphatic rings. The molecule has 0 aromatic carbocycles. The number of ether oxygens (including phenoxy) is 1. The van der Waals surface area contributed by atoms with Gasteiger partial charge in [-0.05, 0) is 32.6 Å². The summed E-state index contributed by atoms with van der Waals surface area (Å²) < 4.78 is 4.67. The predicted molar refractivity (Wildman–Crippen MR) is 68.1 cm³/mol. The minimum atomic E-state index is -0.197. The lowest BCUT2D eigenvalue weighted by molar-refractivity contribution is -0.143. The summed E-state index contributed by atoms with van der Waals surface area (Å²) in [5.41, 5.74) is 0. The fourth-order valence-electron chi connectivity index (χ4n) is 1.35. The van der Waals surface area contributed by atoms with Crippen LogP contribution >= 0.6 is 0 Å². The van der Waals surface area contributed by atoms with E-state index in [9.17, 15) is 4.79 Å². The Bertz CT molecular complexity index is 251. The van der Waals surface area contributed by atoms with Gasteiger partial charge in [-0.25, -0.2) is 0 Å². The van der Waals surface area contributed by atoms with Gasteiger partial charge in [-0.3, -0.25) is 4.79 Å². The van der Waals surface area contributed by atoms with Crippen LogP contribution < -0.4 is 0 Å². The molecule has 0 aliphatic heterocycles. The molecule has 2 nitrogen and oxygen atoms in total. The molecule has 1 unspecified atom stereocenters. The second kappa shape index (κ2) is 10.2. The molecular formula is C14H22O2. The quantitative estimate of drug-likeness (QED) is 0.356. The summed E-state index contributed by atoms with van der Waals surface area (Å²) in [5.74, 6) is -0.373. The topological polar surface area (TPSA) is 26.3 Å². The zero-order chi connectivity index (χ0) is 12.2. The van der Waals surface area contributed by atoms with E-state index in [4.69, 9.17) is 0 Å². The van der Waals surface area contributed by atoms with E-state index < -0.39 is 0 Å². The summed E-state index contributed by atoms with van der Waals surface area (Å²) in [6, 6.07) is 0.